The molecule has 1 heterocycles. The summed E-state index contributed by atoms with van der Waals surface area (Å²) < 4.78 is 0. The second kappa shape index (κ2) is 7.66. The molecule has 3 aliphatic rings. The molecule has 0 aromatic heterocycles. The van der Waals surface area contributed by atoms with E-state index in [0.29, 0.717) is 6.54 Å². The molecule has 1 atom stereocenters. The lowest BCUT2D eigenvalue weighted by atomic mass is 9.99. The van der Waals surface area contributed by atoms with E-state index in [-0.39, 0.29) is 29.7 Å². The zero-order valence-electron chi connectivity index (χ0n) is 16.8. The topological polar surface area (TPSA) is 49.4 Å². The van der Waals surface area contributed by atoms with Crippen LogP contribution in [-0.2, 0) is 35.3 Å². The summed E-state index contributed by atoms with van der Waals surface area (Å²) in [5.41, 5.74) is 5.23. The molecule has 2 aromatic carbocycles. The molecule has 0 unspecified atom stereocenters. The van der Waals surface area contributed by atoms with Crippen molar-refractivity contribution in [2.45, 2.75) is 44.6 Å². The van der Waals surface area contributed by atoms with Crippen molar-refractivity contribution in [1.29, 1.82) is 0 Å². The number of hydrogen-bond acceptors (Lipinski definition) is 2. The number of carbonyl (C=O) groups is 2. The largest absolute Gasteiger partial charge is 0.351 e. The number of piperidine rings is 1. The normalized spacial score (nSPS) is 21.7. The first-order chi connectivity index (χ1) is 14.2. The fraction of sp³-hybridized carbons (Fsp3) is 0.440. The van der Waals surface area contributed by atoms with Crippen LogP contribution in [0.25, 0.3) is 0 Å². The summed E-state index contributed by atoms with van der Waals surface area (Å²) in [6.45, 7) is 1.46. The summed E-state index contributed by atoms with van der Waals surface area (Å²) >= 11 is 0. The van der Waals surface area contributed by atoms with Crippen LogP contribution < -0.4 is 5.32 Å². The average Bonchev–Trinajstić information content (AvgIpc) is 3.37. The monoisotopic (exact) mass is 388 g/mol. The molecule has 0 spiro atoms. The summed E-state index contributed by atoms with van der Waals surface area (Å²) in [6, 6.07) is 16.8. The van der Waals surface area contributed by atoms with E-state index in [1.165, 1.54) is 22.3 Å². The molecule has 4 heteroatoms. The van der Waals surface area contributed by atoms with E-state index in [1.807, 2.05) is 17.0 Å². The second-order valence-corrected chi connectivity index (χ2v) is 8.88. The minimum Gasteiger partial charge on any atom is -0.351 e. The molecule has 2 amide bonds. The van der Waals surface area contributed by atoms with Crippen molar-refractivity contribution in [2.24, 2.45) is 11.8 Å². The minimum absolute atomic E-state index is 0.0304. The molecule has 150 valence electrons. The predicted octanol–water partition coefficient (Wildman–Crippen LogP) is 2.92. The SMILES string of the molecule is O=C(N[C@@H]1CCCN(C(=O)C2Cc3ccccc3C2)C1)C1Cc2ccccc2C1. The Balaban J connectivity index is 1.17. The summed E-state index contributed by atoms with van der Waals surface area (Å²) in [6.07, 6.45) is 5.28. The van der Waals surface area contributed by atoms with Gasteiger partial charge in [-0.15, -0.1) is 0 Å². The Morgan fingerprint density at radius 2 is 1.31 bits per heavy atom. The highest BCUT2D eigenvalue weighted by atomic mass is 16.2. The average molecular weight is 389 g/mol. The maximum absolute atomic E-state index is 13.1. The Kier molecular flexibility index (Phi) is 4.86. The van der Waals surface area contributed by atoms with Gasteiger partial charge < -0.3 is 10.2 Å². The Morgan fingerprint density at radius 3 is 1.86 bits per heavy atom. The van der Waals surface area contributed by atoms with Gasteiger partial charge in [-0.1, -0.05) is 48.5 Å². The maximum atomic E-state index is 13.1. The molecule has 2 aliphatic carbocycles. The van der Waals surface area contributed by atoms with Crippen LogP contribution in [-0.4, -0.2) is 35.8 Å². The molecule has 4 nitrogen and oxygen atoms in total. The zero-order chi connectivity index (χ0) is 19.8. The van der Waals surface area contributed by atoms with Gasteiger partial charge in [-0.05, 0) is 60.8 Å². The van der Waals surface area contributed by atoms with E-state index >= 15 is 0 Å². The second-order valence-electron chi connectivity index (χ2n) is 8.88. The van der Waals surface area contributed by atoms with Gasteiger partial charge in [-0.25, -0.2) is 0 Å². The van der Waals surface area contributed by atoms with Crippen LogP contribution in [0.2, 0.25) is 0 Å². The van der Waals surface area contributed by atoms with E-state index in [9.17, 15) is 9.59 Å². The van der Waals surface area contributed by atoms with Crippen molar-refractivity contribution in [3.63, 3.8) is 0 Å². The van der Waals surface area contributed by atoms with E-state index in [2.05, 4.69) is 41.7 Å². The van der Waals surface area contributed by atoms with Crippen molar-refractivity contribution in [2.75, 3.05) is 13.1 Å². The Morgan fingerprint density at radius 1 is 0.793 bits per heavy atom. The molecular formula is C25H28N2O2. The van der Waals surface area contributed by atoms with Crippen LogP contribution >= 0.6 is 0 Å². The first-order valence-corrected chi connectivity index (χ1v) is 10.9. The molecule has 1 saturated heterocycles. The first kappa shape index (κ1) is 18.4. The summed E-state index contributed by atoms with van der Waals surface area (Å²) in [5, 5.41) is 3.26. The highest BCUT2D eigenvalue weighted by molar-refractivity contribution is 5.82. The number of hydrogen-bond donors (Lipinski definition) is 1. The molecule has 0 saturated carbocycles. The molecular weight excluding hydrogens is 360 g/mol. The highest BCUT2D eigenvalue weighted by Gasteiger charge is 2.34. The van der Waals surface area contributed by atoms with Crippen LogP contribution in [0.5, 0.6) is 0 Å². The van der Waals surface area contributed by atoms with E-state index in [4.69, 9.17) is 0 Å². The quantitative estimate of drug-likeness (QED) is 0.879. The van der Waals surface area contributed by atoms with Gasteiger partial charge in [0.05, 0.1) is 0 Å². The van der Waals surface area contributed by atoms with Gasteiger partial charge >= 0.3 is 0 Å². The molecule has 1 fully saturated rings. The molecule has 1 aliphatic heterocycles. The van der Waals surface area contributed by atoms with Gasteiger partial charge in [0.1, 0.15) is 0 Å². The third-order valence-corrected chi connectivity index (χ3v) is 6.90. The lowest BCUT2D eigenvalue weighted by molar-refractivity contribution is -0.137. The lowest BCUT2D eigenvalue weighted by Gasteiger charge is -2.35. The Bertz CT molecular complexity index is 888. The van der Waals surface area contributed by atoms with Crippen molar-refractivity contribution < 1.29 is 9.59 Å². The number of likely N-dealkylation sites (tertiary alicyclic amines) is 1. The number of nitrogens with one attached hydrogen (secondary N) is 1. The van der Waals surface area contributed by atoms with Gasteiger partial charge in [0.25, 0.3) is 0 Å². The Hall–Kier alpha value is -2.62. The first-order valence-electron chi connectivity index (χ1n) is 10.9. The molecule has 1 N–H and O–H groups in total. The molecule has 5 rings (SSSR count). The molecule has 0 bridgehead atoms. The van der Waals surface area contributed by atoms with Gasteiger partial charge in [-0.3, -0.25) is 9.59 Å². The van der Waals surface area contributed by atoms with Crippen LogP contribution in [0.4, 0.5) is 0 Å². The summed E-state index contributed by atoms with van der Waals surface area (Å²) in [5.74, 6) is 0.496. The van der Waals surface area contributed by atoms with Gasteiger partial charge in [0.2, 0.25) is 11.8 Å². The van der Waals surface area contributed by atoms with Crippen LogP contribution in [0, 0.1) is 11.8 Å². The van der Waals surface area contributed by atoms with Gasteiger partial charge in [-0.2, -0.15) is 0 Å². The third kappa shape index (κ3) is 3.68. The number of nitrogens with zero attached hydrogens (tertiary/aromatic N) is 1. The predicted molar refractivity (Wildman–Crippen MR) is 112 cm³/mol. The van der Waals surface area contributed by atoms with Gasteiger partial charge in [0.15, 0.2) is 0 Å². The highest BCUT2D eigenvalue weighted by Crippen LogP contribution is 2.29. The fourth-order valence-electron chi connectivity index (χ4n) is 5.35. The standard InChI is InChI=1S/C25H28N2O2/c28-24(21-12-17-6-1-2-7-18(17)13-21)26-23-10-5-11-27(16-23)25(29)22-14-19-8-3-4-9-20(19)15-22/h1-4,6-9,21-23H,5,10-16H2,(H,26,28)/t23-/m1/s1. The maximum Gasteiger partial charge on any atom is 0.226 e. The van der Waals surface area contributed by atoms with Crippen molar-refractivity contribution in [3.8, 4) is 0 Å². The van der Waals surface area contributed by atoms with Gasteiger partial charge in [0, 0.05) is 31.0 Å². The van der Waals surface area contributed by atoms with Crippen molar-refractivity contribution in [3.05, 3.63) is 70.8 Å². The van der Waals surface area contributed by atoms with E-state index < -0.39 is 0 Å². The molecule has 0 radical (unpaired) electrons. The molecule has 29 heavy (non-hydrogen) atoms. The third-order valence-electron chi connectivity index (χ3n) is 6.90. The zero-order valence-corrected chi connectivity index (χ0v) is 16.8. The van der Waals surface area contributed by atoms with Crippen LogP contribution in [0.3, 0.4) is 0 Å². The Labute approximate surface area is 172 Å². The van der Waals surface area contributed by atoms with E-state index in [0.717, 1.165) is 45.1 Å². The number of carbonyl (C=O) groups excluding carboxylic acids is 2. The summed E-state index contributed by atoms with van der Waals surface area (Å²) in [4.78, 5) is 28.0. The van der Waals surface area contributed by atoms with Crippen LogP contribution in [0.15, 0.2) is 48.5 Å². The van der Waals surface area contributed by atoms with Crippen molar-refractivity contribution in [1.82, 2.24) is 10.2 Å². The number of benzene rings is 2. The molecule has 2 aromatic rings. The smallest absolute Gasteiger partial charge is 0.226 e. The van der Waals surface area contributed by atoms with E-state index in [1.54, 1.807) is 0 Å². The number of rotatable bonds is 3. The minimum atomic E-state index is 0.0304. The van der Waals surface area contributed by atoms with Crippen molar-refractivity contribution >= 4 is 11.8 Å². The van der Waals surface area contributed by atoms with Crippen LogP contribution in [0.1, 0.15) is 35.1 Å². The number of fused-ring (bicyclic) bond motifs is 2. The summed E-state index contributed by atoms with van der Waals surface area (Å²) in [7, 11) is 0. The fourth-order valence-corrected chi connectivity index (χ4v) is 5.35. The lowest BCUT2D eigenvalue weighted by Crippen LogP contribution is -2.52. The number of amides is 2.